The highest BCUT2D eigenvalue weighted by Crippen LogP contribution is 2.37. The number of piperidine rings is 1. The van der Waals surface area contributed by atoms with Crippen molar-refractivity contribution in [1.82, 2.24) is 10.2 Å². The second-order valence-electron chi connectivity index (χ2n) is 7.75. The van der Waals surface area contributed by atoms with E-state index in [9.17, 15) is 4.79 Å². The molecule has 2 aliphatic heterocycles. The Morgan fingerprint density at radius 3 is 2.61 bits per heavy atom. The van der Waals surface area contributed by atoms with Crippen LogP contribution >= 0.6 is 0 Å². The fourth-order valence-electron chi connectivity index (χ4n) is 4.55. The number of hydrogen-bond donors (Lipinski definition) is 2. The summed E-state index contributed by atoms with van der Waals surface area (Å²) in [6, 6.07) is 9.11. The van der Waals surface area contributed by atoms with Crippen LogP contribution in [0, 0.1) is 0 Å². The van der Waals surface area contributed by atoms with Crippen LogP contribution in [0.15, 0.2) is 41.3 Å². The number of nitrogens with one attached hydrogen (secondary N) is 1. The Labute approximate surface area is 168 Å². The average Bonchev–Trinajstić information content (AvgIpc) is 3.13. The van der Waals surface area contributed by atoms with Gasteiger partial charge in [0.1, 0.15) is 30.7 Å². The summed E-state index contributed by atoms with van der Waals surface area (Å²) in [6.07, 6.45) is 8.16. The minimum Gasteiger partial charge on any atom is -0.376 e. The van der Waals surface area contributed by atoms with Crippen molar-refractivity contribution in [2.75, 3.05) is 19.6 Å². The van der Waals surface area contributed by atoms with E-state index in [1.54, 1.807) is 4.90 Å². The number of carbonyl (C=O) groups is 1. The summed E-state index contributed by atoms with van der Waals surface area (Å²) >= 11 is 0. The van der Waals surface area contributed by atoms with Gasteiger partial charge in [0, 0.05) is 31.1 Å². The number of nitrogens with zero attached hydrogens (tertiary/aromatic N) is 3. The van der Waals surface area contributed by atoms with Gasteiger partial charge < -0.3 is 16.0 Å². The number of hydrogen-bond acceptors (Lipinski definition) is 3. The van der Waals surface area contributed by atoms with E-state index in [0.717, 1.165) is 37.9 Å². The van der Waals surface area contributed by atoms with Crippen molar-refractivity contribution < 1.29 is 9.39 Å². The number of primary amides is 1. The Morgan fingerprint density at radius 2 is 2.00 bits per heavy atom. The highest BCUT2D eigenvalue weighted by atomic mass is 16.2. The fourth-order valence-corrected chi connectivity index (χ4v) is 4.55. The van der Waals surface area contributed by atoms with E-state index < -0.39 is 0 Å². The molecule has 2 heterocycles. The summed E-state index contributed by atoms with van der Waals surface area (Å²) < 4.78 is 0.607. The Hall–Kier alpha value is -2.34. The lowest BCUT2D eigenvalue weighted by atomic mass is 9.95. The first-order chi connectivity index (χ1) is 13.5. The Morgan fingerprint density at radius 1 is 1.29 bits per heavy atom. The molecule has 6 heteroatoms. The number of nitrogens with two attached hydrogens (primary N) is 1. The highest BCUT2D eigenvalue weighted by molar-refractivity contribution is 5.78. The smallest absolute Gasteiger partial charge is 0.314 e. The third-order valence-corrected chi connectivity index (χ3v) is 6.18. The van der Waals surface area contributed by atoms with Crippen molar-refractivity contribution >= 4 is 12.2 Å². The minimum atomic E-state index is -0.317. The molecule has 28 heavy (non-hydrogen) atoms. The maximum absolute atomic E-state index is 11.3. The van der Waals surface area contributed by atoms with E-state index in [1.165, 1.54) is 11.1 Å². The molecule has 2 atom stereocenters. The normalized spacial score (nSPS) is 23.5. The first kappa shape index (κ1) is 20.4. The van der Waals surface area contributed by atoms with Crippen LogP contribution in [0.5, 0.6) is 0 Å². The van der Waals surface area contributed by atoms with Gasteiger partial charge in [-0.2, -0.15) is 4.59 Å². The SMILES string of the molecule is CCc1ccccc1[C@@H](CC)[N+]1(CC)C=C(NC2CCN(C(N)=O)CC2)C=N1. The molecule has 2 aliphatic rings. The van der Waals surface area contributed by atoms with Crippen LogP contribution in [0.3, 0.4) is 0 Å². The van der Waals surface area contributed by atoms with Gasteiger partial charge in [-0.05, 0) is 31.7 Å². The molecule has 3 rings (SSSR count). The van der Waals surface area contributed by atoms with Gasteiger partial charge in [-0.25, -0.2) is 4.79 Å². The summed E-state index contributed by atoms with van der Waals surface area (Å²) in [6.45, 7) is 9.02. The monoisotopic (exact) mass is 384 g/mol. The summed E-state index contributed by atoms with van der Waals surface area (Å²) in [5.41, 5.74) is 9.29. The first-order valence-electron chi connectivity index (χ1n) is 10.6. The van der Waals surface area contributed by atoms with E-state index in [-0.39, 0.29) is 6.03 Å². The molecule has 0 spiro atoms. The number of carbonyl (C=O) groups excluding carboxylic acids is 1. The predicted molar refractivity (Wildman–Crippen MR) is 114 cm³/mol. The molecular formula is C22H34N5O+. The number of benzene rings is 1. The number of likely N-dealkylation sites (tertiary alicyclic amines) is 1. The van der Waals surface area contributed by atoms with Gasteiger partial charge in [-0.15, -0.1) is 0 Å². The third-order valence-electron chi connectivity index (χ3n) is 6.18. The van der Waals surface area contributed by atoms with Crippen LogP contribution in [-0.4, -0.2) is 47.4 Å². The second kappa shape index (κ2) is 8.78. The van der Waals surface area contributed by atoms with Gasteiger partial charge in [0.15, 0.2) is 0 Å². The van der Waals surface area contributed by atoms with Crippen LogP contribution < -0.4 is 11.1 Å². The van der Waals surface area contributed by atoms with Crippen LogP contribution in [0.25, 0.3) is 0 Å². The minimum absolute atomic E-state index is 0.313. The van der Waals surface area contributed by atoms with E-state index in [1.807, 2.05) is 6.21 Å². The van der Waals surface area contributed by atoms with Crippen molar-refractivity contribution in [2.45, 2.75) is 58.5 Å². The van der Waals surface area contributed by atoms with Crippen molar-refractivity contribution in [1.29, 1.82) is 0 Å². The molecule has 152 valence electrons. The van der Waals surface area contributed by atoms with Crippen molar-refractivity contribution in [3.8, 4) is 0 Å². The molecule has 1 aromatic rings. The van der Waals surface area contributed by atoms with Crippen molar-refractivity contribution in [2.24, 2.45) is 10.8 Å². The molecule has 0 aliphatic carbocycles. The lowest BCUT2D eigenvalue weighted by molar-refractivity contribution is -0.913. The first-order valence-corrected chi connectivity index (χ1v) is 10.6. The summed E-state index contributed by atoms with van der Waals surface area (Å²) in [5.74, 6) is 0. The van der Waals surface area contributed by atoms with Gasteiger partial charge in [-0.3, -0.25) is 0 Å². The number of amides is 2. The molecule has 0 radical (unpaired) electrons. The maximum atomic E-state index is 11.3. The average molecular weight is 385 g/mol. The molecule has 2 amide bonds. The Kier molecular flexibility index (Phi) is 6.39. The number of allylic oxidation sites excluding steroid dienone is 1. The van der Waals surface area contributed by atoms with E-state index >= 15 is 0 Å². The van der Waals surface area contributed by atoms with Crippen molar-refractivity contribution in [3.63, 3.8) is 0 Å². The molecule has 1 fully saturated rings. The molecule has 6 nitrogen and oxygen atoms in total. The molecule has 1 unspecified atom stereocenters. The number of aryl methyl sites for hydroxylation is 1. The summed E-state index contributed by atoms with van der Waals surface area (Å²) in [4.78, 5) is 13.0. The zero-order chi connectivity index (χ0) is 20.1. The molecule has 0 bridgehead atoms. The molecule has 0 saturated carbocycles. The quantitative estimate of drug-likeness (QED) is 0.706. The summed E-state index contributed by atoms with van der Waals surface area (Å²) in [7, 11) is 0. The zero-order valence-corrected chi connectivity index (χ0v) is 17.4. The van der Waals surface area contributed by atoms with Gasteiger partial charge in [-0.1, -0.05) is 43.2 Å². The fraction of sp³-hybridized carbons (Fsp3) is 0.545. The molecule has 1 saturated heterocycles. The lowest BCUT2D eigenvalue weighted by Crippen LogP contribution is -2.46. The van der Waals surface area contributed by atoms with Gasteiger partial charge >= 0.3 is 6.03 Å². The van der Waals surface area contributed by atoms with Crippen LogP contribution in [0.2, 0.25) is 0 Å². The summed E-state index contributed by atoms with van der Waals surface area (Å²) in [5, 5.41) is 8.61. The molecular weight excluding hydrogens is 350 g/mol. The lowest BCUT2D eigenvalue weighted by Gasteiger charge is -2.34. The largest absolute Gasteiger partial charge is 0.376 e. The van der Waals surface area contributed by atoms with Gasteiger partial charge in [0.25, 0.3) is 0 Å². The van der Waals surface area contributed by atoms with Crippen LogP contribution in [0.4, 0.5) is 4.79 Å². The number of urea groups is 1. The molecule has 3 N–H and O–H groups in total. The van der Waals surface area contributed by atoms with E-state index in [0.29, 0.717) is 29.8 Å². The van der Waals surface area contributed by atoms with E-state index in [4.69, 9.17) is 10.8 Å². The van der Waals surface area contributed by atoms with Crippen molar-refractivity contribution in [3.05, 3.63) is 47.3 Å². The highest BCUT2D eigenvalue weighted by Gasteiger charge is 2.39. The van der Waals surface area contributed by atoms with Gasteiger partial charge in [0.2, 0.25) is 0 Å². The predicted octanol–water partition coefficient (Wildman–Crippen LogP) is 3.51. The van der Waals surface area contributed by atoms with E-state index in [2.05, 4.69) is 56.6 Å². The number of rotatable bonds is 7. The number of quaternary nitrogens is 1. The third kappa shape index (κ3) is 4.07. The second-order valence-corrected chi connectivity index (χ2v) is 7.75. The Bertz CT molecular complexity index is 751. The standard InChI is InChI=1S/C22H33N5O/c1-4-17-9-7-8-10-20(17)21(5-2)27(6-3)16-19(15-24-27)25-18-11-13-26(14-12-18)22(23)28/h7-10,15-16,18,21,25H,4-6,11-14H2,1-3H3,(H-,23,28)/p+1/t21-,27?/m1/s1. The maximum Gasteiger partial charge on any atom is 0.314 e. The topological polar surface area (TPSA) is 70.7 Å². The van der Waals surface area contributed by atoms with Crippen LogP contribution in [-0.2, 0) is 6.42 Å². The molecule has 0 aromatic heterocycles. The molecule has 1 aromatic carbocycles. The zero-order valence-electron chi connectivity index (χ0n) is 17.4. The Balaban J connectivity index is 1.76. The van der Waals surface area contributed by atoms with Gasteiger partial charge in [0.05, 0.1) is 0 Å². The van der Waals surface area contributed by atoms with Crippen LogP contribution in [0.1, 0.15) is 57.2 Å².